The van der Waals surface area contributed by atoms with Crippen molar-refractivity contribution in [2.75, 3.05) is 34.3 Å². The normalized spacial score (nSPS) is 17.0. The summed E-state index contributed by atoms with van der Waals surface area (Å²) in [5, 5.41) is 2.92. The van der Waals surface area contributed by atoms with E-state index < -0.39 is 10.2 Å². The molecular formula is C16H25N3O4S. The molecule has 1 saturated heterocycles. The first-order valence-corrected chi connectivity index (χ1v) is 9.33. The van der Waals surface area contributed by atoms with Crippen LogP contribution in [0.1, 0.15) is 18.4 Å². The molecule has 1 fully saturated rings. The first-order valence-electron chi connectivity index (χ1n) is 7.93. The van der Waals surface area contributed by atoms with Crippen molar-refractivity contribution in [1.29, 1.82) is 0 Å². The summed E-state index contributed by atoms with van der Waals surface area (Å²) >= 11 is 0. The maximum atomic E-state index is 12.3. The fourth-order valence-corrected chi connectivity index (χ4v) is 3.89. The van der Waals surface area contributed by atoms with Gasteiger partial charge in [-0.2, -0.15) is 17.0 Å². The van der Waals surface area contributed by atoms with Crippen LogP contribution in [0.3, 0.4) is 0 Å². The Morgan fingerprint density at radius 1 is 1.29 bits per heavy atom. The van der Waals surface area contributed by atoms with Gasteiger partial charge >= 0.3 is 0 Å². The van der Waals surface area contributed by atoms with Gasteiger partial charge in [-0.3, -0.25) is 4.79 Å². The molecule has 0 radical (unpaired) electrons. The summed E-state index contributed by atoms with van der Waals surface area (Å²) in [6, 6.07) is 7.54. The minimum absolute atomic E-state index is 0.0391. The van der Waals surface area contributed by atoms with Crippen LogP contribution in [0.15, 0.2) is 24.3 Å². The minimum atomic E-state index is -3.39. The summed E-state index contributed by atoms with van der Waals surface area (Å²) < 4.78 is 32.1. The van der Waals surface area contributed by atoms with Gasteiger partial charge < -0.3 is 10.1 Å². The number of carbonyl (C=O) groups excluding carboxylic acids is 1. The number of nitrogens with one attached hydrogen (secondary N) is 1. The molecule has 1 amide bonds. The predicted molar refractivity (Wildman–Crippen MR) is 91.7 cm³/mol. The van der Waals surface area contributed by atoms with Crippen molar-refractivity contribution in [3.8, 4) is 5.75 Å². The van der Waals surface area contributed by atoms with Crippen molar-refractivity contribution in [3.05, 3.63) is 29.8 Å². The molecule has 1 aliphatic heterocycles. The molecule has 134 valence electrons. The molecule has 0 spiro atoms. The number of methoxy groups -OCH3 is 1. The Bertz CT molecular complexity index is 668. The van der Waals surface area contributed by atoms with Gasteiger partial charge in [0.05, 0.1) is 7.11 Å². The number of para-hydroxylation sites is 1. The first kappa shape index (κ1) is 18.7. The Hall–Kier alpha value is -1.64. The zero-order valence-electron chi connectivity index (χ0n) is 14.4. The Labute approximate surface area is 143 Å². The highest BCUT2D eigenvalue weighted by Gasteiger charge is 2.32. The fourth-order valence-electron chi connectivity index (χ4n) is 2.76. The first-order chi connectivity index (χ1) is 11.4. The summed E-state index contributed by atoms with van der Waals surface area (Å²) in [5.74, 6) is 0.542. The van der Waals surface area contributed by atoms with E-state index in [0.717, 1.165) is 11.3 Å². The highest BCUT2D eigenvalue weighted by atomic mass is 32.2. The summed E-state index contributed by atoms with van der Waals surface area (Å²) in [6.45, 7) is 1.14. The van der Waals surface area contributed by atoms with E-state index in [-0.39, 0.29) is 11.8 Å². The second-order valence-corrected chi connectivity index (χ2v) is 8.14. The molecule has 0 atom stereocenters. The van der Waals surface area contributed by atoms with Crippen LogP contribution in [-0.2, 0) is 21.5 Å². The number of hydrogen-bond donors (Lipinski definition) is 1. The fraction of sp³-hybridized carbons (Fsp3) is 0.562. The molecule has 1 aliphatic rings. The predicted octanol–water partition coefficient (Wildman–Crippen LogP) is 0.830. The van der Waals surface area contributed by atoms with E-state index >= 15 is 0 Å². The zero-order chi connectivity index (χ0) is 17.7. The summed E-state index contributed by atoms with van der Waals surface area (Å²) in [4.78, 5) is 12.3. The average molecular weight is 355 g/mol. The van der Waals surface area contributed by atoms with Crippen LogP contribution in [-0.4, -0.2) is 57.2 Å². The molecule has 0 aliphatic carbocycles. The van der Waals surface area contributed by atoms with Crippen LogP contribution < -0.4 is 10.1 Å². The molecule has 0 aromatic heterocycles. The van der Waals surface area contributed by atoms with E-state index in [1.54, 1.807) is 7.11 Å². The Kier molecular flexibility index (Phi) is 6.20. The van der Waals surface area contributed by atoms with Crippen molar-refractivity contribution in [2.24, 2.45) is 5.92 Å². The lowest BCUT2D eigenvalue weighted by molar-refractivity contribution is -0.126. The lowest BCUT2D eigenvalue weighted by atomic mass is 9.97. The third-order valence-corrected chi connectivity index (χ3v) is 6.20. The van der Waals surface area contributed by atoms with Gasteiger partial charge in [-0.15, -0.1) is 0 Å². The monoisotopic (exact) mass is 355 g/mol. The summed E-state index contributed by atoms with van der Waals surface area (Å²) in [7, 11) is 1.23. The maximum Gasteiger partial charge on any atom is 0.281 e. The van der Waals surface area contributed by atoms with Gasteiger partial charge in [-0.1, -0.05) is 18.2 Å². The standard InChI is InChI=1S/C16H25N3O4S/c1-18(2)24(21,22)19-10-8-13(9-11-19)16(20)17-12-14-6-4-5-7-15(14)23-3/h4-7,13H,8-12H2,1-3H3,(H,17,20). The Morgan fingerprint density at radius 2 is 1.92 bits per heavy atom. The molecule has 0 unspecified atom stereocenters. The number of ether oxygens (including phenoxy) is 1. The highest BCUT2D eigenvalue weighted by Crippen LogP contribution is 2.21. The molecule has 24 heavy (non-hydrogen) atoms. The second-order valence-electron chi connectivity index (χ2n) is 5.99. The Morgan fingerprint density at radius 3 is 2.50 bits per heavy atom. The highest BCUT2D eigenvalue weighted by molar-refractivity contribution is 7.86. The zero-order valence-corrected chi connectivity index (χ0v) is 15.2. The topological polar surface area (TPSA) is 79.0 Å². The van der Waals surface area contributed by atoms with E-state index in [9.17, 15) is 13.2 Å². The molecule has 1 aromatic carbocycles. The van der Waals surface area contributed by atoms with Crippen molar-refractivity contribution >= 4 is 16.1 Å². The van der Waals surface area contributed by atoms with E-state index in [1.807, 2.05) is 24.3 Å². The second kappa shape index (κ2) is 7.96. The van der Waals surface area contributed by atoms with Gasteiger partial charge in [0.25, 0.3) is 10.2 Å². The van der Waals surface area contributed by atoms with Gasteiger partial charge in [-0.05, 0) is 18.9 Å². The van der Waals surface area contributed by atoms with Gasteiger partial charge in [0.15, 0.2) is 0 Å². The number of benzene rings is 1. The van der Waals surface area contributed by atoms with Crippen molar-refractivity contribution in [1.82, 2.24) is 13.9 Å². The van der Waals surface area contributed by atoms with Crippen molar-refractivity contribution in [2.45, 2.75) is 19.4 Å². The molecule has 2 rings (SSSR count). The molecule has 0 bridgehead atoms. The maximum absolute atomic E-state index is 12.3. The van der Waals surface area contributed by atoms with E-state index in [2.05, 4.69) is 5.32 Å². The number of nitrogens with zero attached hydrogens (tertiary/aromatic N) is 2. The van der Waals surface area contributed by atoms with E-state index in [4.69, 9.17) is 4.74 Å². The number of carbonyl (C=O) groups is 1. The van der Waals surface area contributed by atoms with Gasteiger partial charge in [0, 0.05) is 45.2 Å². The number of piperidine rings is 1. The smallest absolute Gasteiger partial charge is 0.281 e. The van der Waals surface area contributed by atoms with Crippen LogP contribution >= 0.6 is 0 Å². The van der Waals surface area contributed by atoms with Gasteiger partial charge in [-0.25, -0.2) is 0 Å². The lowest BCUT2D eigenvalue weighted by Crippen LogP contribution is -2.46. The number of amides is 1. The third-order valence-electron chi connectivity index (χ3n) is 4.26. The van der Waals surface area contributed by atoms with Crippen LogP contribution in [0.5, 0.6) is 5.75 Å². The summed E-state index contributed by atoms with van der Waals surface area (Å²) in [6.07, 6.45) is 1.07. The minimum Gasteiger partial charge on any atom is -0.496 e. The third kappa shape index (κ3) is 4.25. The molecule has 1 heterocycles. The molecule has 7 nitrogen and oxygen atoms in total. The average Bonchev–Trinajstić information content (AvgIpc) is 2.59. The van der Waals surface area contributed by atoms with Gasteiger partial charge in [0.2, 0.25) is 5.91 Å². The molecule has 0 saturated carbocycles. The van der Waals surface area contributed by atoms with E-state index in [1.165, 1.54) is 22.7 Å². The van der Waals surface area contributed by atoms with Crippen LogP contribution in [0.2, 0.25) is 0 Å². The Balaban J connectivity index is 1.87. The van der Waals surface area contributed by atoms with Crippen LogP contribution in [0, 0.1) is 5.92 Å². The quantitative estimate of drug-likeness (QED) is 0.820. The largest absolute Gasteiger partial charge is 0.496 e. The SMILES string of the molecule is COc1ccccc1CNC(=O)C1CCN(S(=O)(=O)N(C)C)CC1. The molecule has 1 N–H and O–H groups in total. The van der Waals surface area contributed by atoms with Crippen LogP contribution in [0.4, 0.5) is 0 Å². The summed E-state index contributed by atoms with van der Waals surface area (Å²) in [5.41, 5.74) is 0.918. The molecule has 1 aromatic rings. The van der Waals surface area contributed by atoms with Crippen LogP contribution in [0.25, 0.3) is 0 Å². The lowest BCUT2D eigenvalue weighted by Gasteiger charge is -2.32. The van der Waals surface area contributed by atoms with Crippen molar-refractivity contribution < 1.29 is 17.9 Å². The van der Waals surface area contributed by atoms with E-state index in [0.29, 0.717) is 32.5 Å². The molecule has 8 heteroatoms. The number of rotatable bonds is 6. The molecular weight excluding hydrogens is 330 g/mol. The van der Waals surface area contributed by atoms with Crippen molar-refractivity contribution in [3.63, 3.8) is 0 Å². The number of hydrogen-bond acceptors (Lipinski definition) is 4. The van der Waals surface area contributed by atoms with Gasteiger partial charge in [0.1, 0.15) is 5.75 Å².